The van der Waals surface area contributed by atoms with E-state index in [0.29, 0.717) is 11.6 Å². The Morgan fingerprint density at radius 2 is 2.09 bits per heavy atom. The van der Waals surface area contributed by atoms with E-state index in [1.807, 2.05) is 29.0 Å². The van der Waals surface area contributed by atoms with Gasteiger partial charge in [0.1, 0.15) is 5.75 Å². The number of carbonyl (C=O) groups excluding carboxylic acids is 1. The summed E-state index contributed by atoms with van der Waals surface area (Å²) in [6, 6.07) is 8.80. The Balaban J connectivity index is 1.41. The van der Waals surface area contributed by atoms with Gasteiger partial charge in [0.25, 0.3) is 0 Å². The number of ether oxygens (including phenoxy) is 1. The number of carbonyl (C=O) groups is 1. The quantitative estimate of drug-likeness (QED) is 0.728. The number of hydrogen-bond donors (Lipinski definition) is 3. The first kappa shape index (κ1) is 15.8. The second kappa shape index (κ2) is 7.48. The number of thiophene rings is 1. The highest BCUT2D eigenvalue weighted by molar-refractivity contribution is 7.07. The van der Waals surface area contributed by atoms with Crippen molar-refractivity contribution in [3.8, 4) is 5.75 Å². The van der Waals surface area contributed by atoms with Gasteiger partial charge >= 0.3 is 6.03 Å². The van der Waals surface area contributed by atoms with E-state index in [0.717, 1.165) is 17.9 Å². The molecule has 1 atom stereocenters. The molecule has 0 spiro atoms. The number of amides is 2. The van der Waals surface area contributed by atoms with Gasteiger partial charge in [0, 0.05) is 12.2 Å². The van der Waals surface area contributed by atoms with E-state index in [4.69, 9.17) is 4.74 Å². The van der Waals surface area contributed by atoms with Gasteiger partial charge in [-0.1, -0.05) is 0 Å². The first-order valence-electron chi connectivity index (χ1n) is 7.68. The summed E-state index contributed by atoms with van der Waals surface area (Å²) in [5.41, 5.74) is 1.50. The predicted molar refractivity (Wildman–Crippen MR) is 91.0 cm³/mol. The Morgan fingerprint density at radius 3 is 2.74 bits per heavy atom. The minimum absolute atomic E-state index is 0.172. The molecule has 1 aromatic heterocycles. The van der Waals surface area contributed by atoms with Gasteiger partial charge < -0.3 is 20.5 Å². The van der Waals surface area contributed by atoms with E-state index in [1.54, 1.807) is 12.1 Å². The van der Waals surface area contributed by atoms with Crippen molar-refractivity contribution in [1.82, 2.24) is 5.32 Å². The summed E-state index contributed by atoms with van der Waals surface area (Å²) in [5, 5.41) is 19.1. The van der Waals surface area contributed by atoms with Gasteiger partial charge in [-0.05, 0) is 65.4 Å². The molecule has 1 fully saturated rings. The first-order chi connectivity index (χ1) is 11.2. The van der Waals surface area contributed by atoms with Gasteiger partial charge in [0.15, 0.2) is 0 Å². The first-order valence-corrected chi connectivity index (χ1v) is 8.63. The molecule has 3 rings (SSSR count). The summed E-state index contributed by atoms with van der Waals surface area (Å²) in [4.78, 5) is 11.8. The third-order valence-corrected chi connectivity index (χ3v) is 4.38. The Morgan fingerprint density at radius 1 is 1.30 bits per heavy atom. The van der Waals surface area contributed by atoms with E-state index in [-0.39, 0.29) is 12.6 Å². The van der Waals surface area contributed by atoms with E-state index in [9.17, 15) is 9.90 Å². The van der Waals surface area contributed by atoms with Crippen molar-refractivity contribution < 1.29 is 14.6 Å². The molecule has 6 heteroatoms. The van der Waals surface area contributed by atoms with Crippen LogP contribution in [-0.4, -0.2) is 24.3 Å². The molecule has 0 aliphatic heterocycles. The molecule has 23 heavy (non-hydrogen) atoms. The zero-order chi connectivity index (χ0) is 16.1. The fourth-order valence-electron chi connectivity index (χ4n) is 2.08. The van der Waals surface area contributed by atoms with Gasteiger partial charge in [-0.2, -0.15) is 11.3 Å². The number of urea groups is 1. The molecule has 3 N–H and O–H groups in total. The third-order valence-electron chi connectivity index (χ3n) is 3.68. The number of rotatable bonds is 7. The van der Waals surface area contributed by atoms with Crippen LogP contribution in [0.2, 0.25) is 0 Å². The van der Waals surface area contributed by atoms with Gasteiger partial charge in [0.2, 0.25) is 0 Å². The zero-order valence-corrected chi connectivity index (χ0v) is 13.5. The highest BCUT2D eigenvalue weighted by Gasteiger charge is 2.21. The molecule has 1 aromatic carbocycles. The molecule has 1 saturated carbocycles. The summed E-state index contributed by atoms with van der Waals surface area (Å²) in [7, 11) is 0. The lowest BCUT2D eigenvalue weighted by molar-refractivity contribution is 0.175. The Labute approximate surface area is 139 Å². The number of aliphatic hydroxyl groups excluding tert-OH is 1. The molecule has 1 aliphatic rings. The zero-order valence-electron chi connectivity index (χ0n) is 12.7. The maximum atomic E-state index is 11.8. The summed E-state index contributed by atoms with van der Waals surface area (Å²) < 4.78 is 5.65. The standard InChI is InChI=1S/C17H20N2O3S/c20-16(13-7-8-23-11-13)9-18-17(21)19-14-3-5-15(6-4-14)22-10-12-1-2-12/h3-8,11-12,16,20H,1-2,9-10H2,(H2,18,19,21). The van der Waals surface area contributed by atoms with Crippen LogP contribution >= 0.6 is 11.3 Å². The van der Waals surface area contributed by atoms with Crippen molar-refractivity contribution in [2.75, 3.05) is 18.5 Å². The lowest BCUT2D eigenvalue weighted by Gasteiger charge is -2.12. The predicted octanol–water partition coefficient (Wildman–Crippen LogP) is 3.39. The second-order valence-corrected chi connectivity index (χ2v) is 6.47. The minimum atomic E-state index is -0.690. The van der Waals surface area contributed by atoms with Crippen molar-refractivity contribution in [2.24, 2.45) is 5.92 Å². The molecular weight excluding hydrogens is 312 g/mol. The van der Waals surface area contributed by atoms with Crippen molar-refractivity contribution in [2.45, 2.75) is 18.9 Å². The highest BCUT2D eigenvalue weighted by Crippen LogP contribution is 2.29. The van der Waals surface area contributed by atoms with Crippen LogP contribution in [0.4, 0.5) is 10.5 Å². The van der Waals surface area contributed by atoms with E-state index in [2.05, 4.69) is 10.6 Å². The minimum Gasteiger partial charge on any atom is -0.493 e. The van der Waals surface area contributed by atoms with Crippen molar-refractivity contribution in [3.63, 3.8) is 0 Å². The monoisotopic (exact) mass is 332 g/mol. The maximum absolute atomic E-state index is 11.8. The average molecular weight is 332 g/mol. The topological polar surface area (TPSA) is 70.6 Å². The molecule has 1 aliphatic carbocycles. The molecule has 0 saturated heterocycles. The molecule has 0 bridgehead atoms. The Bertz CT molecular complexity index is 624. The molecular formula is C17H20N2O3S. The number of benzene rings is 1. The van der Waals surface area contributed by atoms with Crippen molar-refractivity contribution in [1.29, 1.82) is 0 Å². The number of hydrogen-bond acceptors (Lipinski definition) is 4. The summed E-state index contributed by atoms with van der Waals surface area (Å²) >= 11 is 1.52. The lowest BCUT2D eigenvalue weighted by atomic mass is 10.2. The van der Waals surface area contributed by atoms with Crippen molar-refractivity contribution >= 4 is 23.1 Å². The van der Waals surface area contributed by atoms with Crippen LogP contribution in [-0.2, 0) is 0 Å². The Kier molecular flexibility index (Phi) is 5.15. The molecule has 1 heterocycles. The highest BCUT2D eigenvalue weighted by atomic mass is 32.1. The summed E-state index contributed by atoms with van der Waals surface area (Å²) in [5.74, 6) is 1.53. The Hall–Kier alpha value is -2.05. The van der Waals surface area contributed by atoms with E-state index in [1.165, 1.54) is 24.2 Å². The van der Waals surface area contributed by atoms with Crippen LogP contribution in [0.15, 0.2) is 41.1 Å². The van der Waals surface area contributed by atoms with Crippen LogP contribution in [0, 0.1) is 5.92 Å². The smallest absolute Gasteiger partial charge is 0.319 e. The third kappa shape index (κ3) is 4.97. The van der Waals surface area contributed by atoms with Crippen LogP contribution in [0.3, 0.4) is 0 Å². The van der Waals surface area contributed by atoms with Crippen LogP contribution < -0.4 is 15.4 Å². The van der Waals surface area contributed by atoms with Gasteiger partial charge in [-0.3, -0.25) is 0 Å². The van der Waals surface area contributed by atoms with E-state index >= 15 is 0 Å². The molecule has 1 unspecified atom stereocenters. The van der Waals surface area contributed by atoms with Crippen LogP contribution in [0.25, 0.3) is 0 Å². The number of nitrogens with one attached hydrogen (secondary N) is 2. The van der Waals surface area contributed by atoms with Gasteiger partial charge in [0.05, 0.1) is 12.7 Å². The number of aliphatic hydroxyl groups is 1. The van der Waals surface area contributed by atoms with E-state index < -0.39 is 6.10 Å². The summed E-state index contributed by atoms with van der Waals surface area (Å²) in [6.45, 7) is 0.943. The van der Waals surface area contributed by atoms with Crippen LogP contribution in [0.1, 0.15) is 24.5 Å². The molecule has 0 radical (unpaired) electrons. The van der Waals surface area contributed by atoms with Gasteiger partial charge in [-0.25, -0.2) is 4.79 Å². The fraction of sp³-hybridized carbons (Fsp3) is 0.353. The average Bonchev–Trinajstić information content (AvgIpc) is 3.23. The summed E-state index contributed by atoms with van der Waals surface area (Å²) in [6.07, 6.45) is 1.83. The molecule has 2 amide bonds. The van der Waals surface area contributed by atoms with Crippen LogP contribution in [0.5, 0.6) is 5.75 Å². The van der Waals surface area contributed by atoms with Gasteiger partial charge in [-0.15, -0.1) is 0 Å². The van der Waals surface area contributed by atoms with Crippen molar-refractivity contribution in [3.05, 3.63) is 46.7 Å². The second-order valence-electron chi connectivity index (χ2n) is 5.69. The normalized spacial score (nSPS) is 15.0. The fourth-order valence-corrected chi connectivity index (χ4v) is 2.79. The largest absolute Gasteiger partial charge is 0.493 e. The SMILES string of the molecule is O=C(NCC(O)c1ccsc1)Nc1ccc(OCC2CC2)cc1. The molecule has 2 aromatic rings. The molecule has 122 valence electrons. The number of anilines is 1. The molecule has 5 nitrogen and oxygen atoms in total. The lowest BCUT2D eigenvalue weighted by Crippen LogP contribution is -2.32. The maximum Gasteiger partial charge on any atom is 0.319 e.